The zero-order valence-electron chi connectivity index (χ0n) is 16.8. The van der Waals surface area contributed by atoms with Gasteiger partial charge in [-0.15, -0.1) is 11.8 Å². The van der Waals surface area contributed by atoms with E-state index in [4.69, 9.17) is 14.6 Å². The van der Waals surface area contributed by atoms with Crippen molar-refractivity contribution in [1.82, 2.24) is 9.88 Å². The van der Waals surface area contributed by atoms with E-state index < -0.39 is 12.1 Å². The van der Waals surface area contributed by atoms with Gasteiger partial charge in [-0.3, -0.25) is 9.78 Å². The Bertz CT molecular complexity index is 952. The highest BCUT2D eigenvalue weighted by atomic mass is 32.2. The molecule has 2 fully saturated rings. The molecule has 1 aromatic carbocycles. The first-order valence-corrected chi connectivity index (χ1v) is 10.6. The number of hydrogen-bond donors (Lipinski definition) is 2. The Morgan fingerprint density at radius 2 is 1.94 bits per heavy atom. The van der Waals surface area contributed by atoms with Crippen LogP contribution in [0.15, 0.2) is 48.7 Å². The number of carbonyl (C=O) groups excluding carboxylic acids is 1. The molecule has 172 valence electrons. The van der Waals surface area contributed by atoms with Gasteiger partial charge in [0.1, 0.15) is 5.75 Å². The number of thioether (sulfide) groups is 1. The summed E-state index contributed by atoms with van der Waals surface area (Å²) in [6, 6.07) is 12.4. The van der Waals surface area contributed by atoms with E-state index >= 15 is 0 Å². The molecule has 2 saturated heterocycles. The summed E-state index contributed by atoms with van der Waals surface area (Å²) in [4.78, 5) is 27.5. The first kappa shape index (κ1) is 23.9. The number of aliphatic carboxylic acids is 1. The Balaban J connectivity index is 0.000000360. The summed E-state index contributed by atoms with van der Waals surface area (Å²) in [6.07, 6.45) is -2.13. The molecule has 1 unspecified atom stereocenters. The molecule has 1 amide bonds. The van der Waals surface area contributed by atoms with Crippen molar-refractivity contribution < 1.29 is 37.7 Å². The number of phenols is 1. The minimum atomic E-state index is -5.08. The second-order valence-corrected chi connectivity index (χ2v) is 8.95. The fourth-order valence-electron chi connectivity index (χ4n) is 3.43. The van der Waals surface area contributed by atoms with Crippen LogP contribution in [0.3, 0.4) is 0 Å². The highest BCUT2D eigenvalue weighted by Gasteiger charge is 2.51. The molecule has 11 heteroatoms. The predicted molar refractivity (Wildman–Crippen MR) is 110 cm³/mol. The first-order chi connectivity index (χ1) is 15.1. The van der Waals surface area contributed by atoms with Gasteiger partial charge in [0.05, 0.1) is 23.2 Å². The van der Waals surface area contributed by atoms with Gasteiger partial charge in [-0.1, -0.05) is 12.1 Å². The van der Waals surface area contributed by atoms with Gasteiger partial charge in [-0.05, 0) is 36.8 Å². The Hall–Kier alpha value is -2.79. The number of benzene rings is 1. The van der Waals surface area contributed by atoms with Crippen LogP contribution < -0.4 is 0 Å². The number of amides is 1. The van der Waals surface area contributed by atoms with Gasteiger partial charge in [0.2, 0.25) is 0 Å². The molecule has 32 heavy (non-hydrogen) atoms. The largest absolute Gasteiger partial charge is 0.508 e. The maximum atomic E-state index is 12.5. The first-order valence-electron chi connectivity index (χ1n) is 9.62. The molecule has 2 N–H and O–H groups in total. The molecule has 1 atom stereocenters. The van der Waals surface area contributed by atoms with Crippen molar-refractivity contribution in [1.29, 1.82) is 0 Å². The average molecular weight is 470 g/mol. The highest BCUT2D eigenvalue weighted by molar-refractivity contribution is 8.01. The zero-order valence-corrected chi connectivity index (χ0v) is 17.6. The maximum absolute atomic E-state index is 12.5. The van der Waals surface area contributed by atoms with E-state index in [0.717, 1.165) is 31.0 Å². The number of ether oxygens (including phenoxy) is 1. The number of hydrogen-bond acceptors (Lipinski definition) is 6. The summed E-state index contributed by atoms with van der Waals surface area (Å²) in [6.45, 7) is 2.03. The number of phenolic OH excluding ortho intramolecular Hbond substituents is 1. The van der Waals surface area contributed by atoms with Gasteiger partial charge >= 0.3 is 12.1 Å². The number of carboxylic acids is 1. The van der Waals surface area contributed by atoms with Crippen LogP contribution in [0, 0.1) is 0 Å². The van der Waals surface area contributed by atoms with Crippen LogP contribution in [-0.2, 0) is 16.1 Å². The third-order valence-corrected chi connectivity index (χ3v) is 6.52. The van der Waals surface area contributed by atoms with Gasteiger partial charge in [0, 0.05) is 30.6 Å². The van der Waals surface area contributed by atoms with Gasteiger partial charge in [0.25, 0.3) is 5.91 Å². The quantitative estimate of drug-likeness (QED) is 0.707. The van der Waals surface area contributed by atoms with Crippen molar-refractivity contribution in [2.24, 2.45) is 0 Å². The number of aromatic hydroxyl groups is 1. The summed E-state index contributed by atoms with van der Waals surface area (Å²) >= 11 is 1.91. The smallest absolute Gasteiger partial charge is 0.490 e. The van der Waals surface area contributed by atoms with Gasteiger partial charge in [-0.2, -0.15) is 13.2 Å². The lowest BCUT2D eigenvalue weighted by Crippen LogP contribution is -2.60. The topological polar surface area (TPSA) is 100.0 Å². The molecule has 1 spiro atoms. The number of carboxylic acid groups (broad SMARTS) is 1. The van der Waals surface area contributed by atoms with Crippen molar-refractivity contribution in [3.63, 3.8) is 0 Å². The summed E-state index contributed by atoms with van der Waals surface area (Å²) in [5.74, 6) is -1.69. The van der Waals surface area contributed by atoms with Crippen LogP contribution in [0.1, 0.15) is 22.5 Å². The van der Waals surface area contributed by atoms with Crippen molar-refractivity contribution in [2.45, 2.75) is 30.1 Å². The van der Waals surface area contributed by atoms with Crippen molar-refractivity contribution >= 4 is 23.6 Å². The van der Waals surface area contributed by atoms with Crippen molar-refractivity contribution in [3.05, 3.63) is 59.9 Å². The van der Waals surface area contributed by atoms with Crippen molar-refractivity contribution in [3.8, 4) is 5.75 Å². The molecular formula is C21H21F3N2O5S. The molecule has 7 nitrogen and oxygen atoms in total. The Labute approximate surface area is 186 Å². The molecular weight excluding hydrogens is 449 g/mol. The Morgan fingerprint density at radius 3 is 2.53 bits per heavy atom. The summed E-state index contributed by atoms with van der Waals surface area (Å²) in [5.41, 5.74) is 1.49. The fourth-order valence-corrected chi connectivity index (χ4v) is 4.98. The van der Waals surface area contributed by atoms with Crippen LogP contribution >= 0.6 is 11.8 Å². The standard InChI is InChI=1S/C19H20N2O3S.C2HF3O2/c22-16-6-3-4-14(8-16)18(23)21-12-19(13-21)9-17(11-25-19)24-10-15-5-1-2-7-20-15;3-2(4,5)1(6)7/h1-8,17,22H,9-13H2;(H,6,7). The van der Waals surface area contributed by atoms with Crippen LogP contribution in [0.25, 0.3) is 0 Å². The van der Waals surface area contributed by atoms with E-state index in [-0.39, 0.29) is 22.5 Å². The normalized spacial score (nSPS) is 19.1. The number of likely N-dealkylation sites (tertiary alicyclic amines) is 1. The minimum Gasteiger partial charge on any atom is -0.508 e. The SMILES string of the molecule is O=C(O)C(F)(F)F.O=C(c1cccc(O)c1)N1CC2(CC(OCc3ccccn3)CS2)C1. The molecule has 3 heterocycles. The number of aromatic nitrogens is 1. The number of nitrogens with zero attached hydrogens (tertiary/aromatic N) is 2. The Kier molecular flexibility index (Phi) is 7.29. The van der Waals surface area contributed by atoms with E-state index in [1.807, 2.05) is 34.9 Å². The summed E-state index contributed by atoms with van der Waals surface area (Å²) in [5, 5.41) is 16.7. The van der Waals surface area contributed by atoms with E-state index in [9.17, 15) is 23.1 Å². The lowest BCUT2D eigenvalue weighted by Gasteiger charge is -2.47. The monoisotopic (exact) mass is 470 g/mol. The van der Waals surface area contributed by atoms with E-state index in [2.05, 4.69) is 4.98 Å². The molecule has 2 aliphatic rings. The highest BCUT2D eigenvalue weighted by Crippen LogP contribution is 2.46. The third-order valence-electron chi connectivity index (χ3n) is 4.95. The summed E-state index contributed by atoms with van der Waals surface area (Å²) < 4.78 is 37.9. The minimum absolute atomic E-state index is 0.0139. The van der Waals surface area contributed by atoms with Crippen LogP contribution in [0.2, 0.25) is 0 Å². The number of pyridine rings is 1. The number of rotatable bonds is 4. The molecule has 0 aliphatic carbocycles. The van der Waals surface area contributed by atoms with Gasteiger partial charge in [-0.25, -0.2) is 4.79 Å². The van der Waals surface area contributed by atoms with Gasteiger partial charge < -0.3 is 19.8 Å². The molecule has 0 radical (unpaired) electrons. The van der Waals surface area contributed by atoms with E-state index in [0.29, 0.717) is 12.2 Å². The van der Waals surface area contributed by atoms with Crippen LogP contribution in [0.5, 0.6) is 5.75 Å². The molecule has 0 bridgehead atoms. The van der Waals surface area contributed by atoms with Gasteiger partial charge in [0.15, 0.2) is 0 Å². The lowest BCUT2D eigenvalue weighted by atomic mass is 9.92. The molecule has 4 rings (SSSR count). The zero-order chi connectivity index (χ0) is 23.4. The second-order valence-electron chi connectivity index (χ2n) is 7.47. The van der Waals surface area contributed by atoms with E-state index in [1.165, 1.54) is 6.07 Å². The number of halogens is 3. The van der Waals surface area contributed by atoms with Crippen LogP contribution in [-0.4, -0.2) is 67.8 Å². The maximum Gasteiger partial charge on any atom is 0.490 e. The molecule has 2 aliphatic heterocycles. The van der Waals surface area contributed by atoms with E-state index in [1.54, 1.807) is 24.4 Å². The average Bonchev–Trinajstić information content (AvgIpc) is 3.16. The van der Waals surface area contributed by atoms with Crippen LogP contribution in [0.4, 0.5) is 13.2 Å². The third kappa shape index (κ3) is 6.13. The molecule has 2 aromatic rings. The second kappa shape index (κ2) is 9.78. The number of carbonyl (C=O) groups is 2. The van der Waals surface area contributed by atoms with Crippen molar-refractivity contribution in [2.75, 3.05) is 18.8 Å². The number of alkyl halides is 3. The summed E-state index contributed by atoms with van der Waals surface area (Å²) in [7, 11) is 0. The fraction of sp³-hybridized carbons (Fsp3) is 0.381. The predicted octanol–water partition coefficient (Wildman–Crippen LogP) is 3.34. The Morgan fingerprint density at radius 1 is 1.22 bits per heavy atom. The molecule has 0 saturated carbocycles. The molecule has 1 aromatic heterocycles. The lowest BCUT2D eigenvalue weighted by molar-refractivity contribution is -0.192.